The Kier molecular flexibility index (Phi) is 4.31. The SMILES string of the molecule is CC(C)(C)c1c2ccccc2n2c3ccc4c5c3n(c12)-c1cccc2c1B5c1c(ccc3c1n-2c1c(C(C)(C)C)c2ccccc2n31)S4. The molecule has 0 atom stereocenters. The Bertz CT molecular complexity index is 2810. The summed E-state index contributed by atoms with van der Waals surface area (Å²) in [5.74, 6) is 0. The lowest BCUT2D eigenvalue weighted by molar-refractivity contribution is 0.598. The molecule has 4 aromatic heterocycles. The van der Waals surface area contributed by atoms with Gasteiger partial charge >= 0.3 is 0 Å². The van der Waals surface area contributed by atoms with Crippen molar-refractivity contribution in [1.82, 2.24) is 17.9 Å². The van der Waals surface area contributed by atoms with Gasteiger partial charge in [-0.1, -0.05) is 95.8 Å². The third-order valence-electron chi connectivity index (χ3n) is 11.5. The number of imidazole rings is 2. The fourth-order valence-electron chi connectivity index (χ4n) is 10.0. The van der Waals surface area contributed by atoms with E-state index in [1.165, 1.54) is 104 Å². The molecule has 0 spiro atoms. The zero-order valence-corrected chi connectivity index (χ0v) is 28.8. The third kappa shape index (κ3) is 2.69. The number of fused-ring (bicyclic) bond motifs is 12. The molecule has 0 unspecified atom stereocenters. The van der Waals surface area contributed by atoms with E-state index in [1.807, 2.05) is 11.8 Å². The normalized spacial score (nSPS) is 14.8. The van der Waals surface area contributed by atoms with Crippen LogP contribution in [-0.4, -0.2) is 24.6 Å². The predicted octanol–water partition coefficient (Wildman–Crippen LogP) is 8.59. The van der Waals surface area contributed by atoms with Crippen LogP contribution < -0.4 is 16.4 Å². The largest absolute Gasteiger partial charge is 0.295 e. The van der Waals surface area contributed by atoms with Gasteiger partial charge in [0.15, 0.2) is 0 Å². The maximum absolute atomic E-state index is 2.65. The van der Waals surface area contributed by atoms with Crippen LogP contribution >= 0.6 is 11.8 Å². The fourth-order valence-corrected chi connectivity index (χ4v) is 11.2. The number of benzene rings is 5. The van der Waals surface area contributed by atoms with Gasteiger partial charge in [-0.2, -0.15) is 0 Å². The van der Waals surface area contributed by atoms with Gasteiger partial charge < -0.3 is 0 Å². The lowest BCUT2D eigenvalue weighted by atomic mass is 9.34. The number of para-hydroxylation sites is 2. The van der Waals surface area contributed by atoms with Crippen LogP contribution in [0.4, 0.5) is 0 Å². The molecule has 4 nitrogen and oxygen atoms in total. The monoisotopic (exact) mass is 636 g/mol. The van der Waals surface area contributed by atoms with Crippen LogP contribution in [0.15, 0.2) is 101 Å². The molecular weight excluding hydrogens is 603 g/mol. The number of rotatable bonds is 0. The molecule has 0 saturated carbocycles. The maximum atomic E-state index is 2.65. The Labute approximate surface area is 282 Å². The Morgan fingerprint density at radius 1 is 0.479 bits per heavy atom. The molecule has 0 radical (unpaired) electrons. The van der Waals surface area contributed by atoms with Crippen molar-refractivity contribution in [3.05, 3.63) is 102 Å². The summed E-state index contributed by atoms with van der Waals surface area (Å²) in [5, 5.41) is 2.70. The minimum Gasteiger partial charge on any atom is -0.295 e. The van der Waals surface area contributed by atoms with Gasteiger partial charge in [0.25, 0.3) is 6.71 Å². The second-order valence-electron chi connectivity index (χ2n) is 16.2. The van der Waals surface area contributed by atoms with E-state index in [1.54, 1.807) is 0 Å². The molecule has 6 heteroatoms. The van der Waals surface area contributed by atoms with Crippen LogP contribution in [-0.2, 0) is 10.8 Å². The van der Waals surface area contributed by atoms with Crippen molar-refractivity contribution >= 4 is 90.0 Å². The van der Waals surface area contributed by atoms with E-state index >= 15 is 0 Å². The van der Waals surface area contributed by atoms with Gasteiger partial charge in [0, 0.05) is 43.1 Å². The molecule has 12 rings (SSSR count). The second-order valence-corrected chi connectivity index (χ2v) is 17.3. The molecule has 230 valence electrons. The molecule has 3 aliphatic rings. The Hall–Kier alpha value is -4.81. The highest BCUT2D eigenvalue weighted by Crippen LogP contribution is 2.47. The molecule has 0 bridgehead atoms. The van der Waals surface area contributed by atoms with Gasteiger partial charge in [0.05, 0.1) is 33.1 Å². The molecule has 7 heterocycles. The van der Waals surface area contributed by atoms with Gasteiger partial charge in [-0.05, 0) is 75.7 Å². The molecule has 0 saturated heterocycles. The van der Waals surface area contributed by atoms with Gasteiger partial charge in [-0.3, -0.25) is 17.9 Å². The first-order valence-electron chi connectivity index (χ1n) is 17.2. The zero-order valence-electron chi connectivity index (χ0n) is 27.9. The van der Waals surface area contributed by atoms with E-state index in [-0.39, 0.29) is 17.5 Å². The van der Waals surface area contributed by atoms with Crippen molar-refractivity contribution in [2.75, 3.05) is 0 Å². The van der Waals surface area contributed by atoms with Crippen molar-refractivity contribution in [3.63, 3.8) is 0 Å². The van der Waals surface area contributed by atoms with Gasteiger partial charge in [-0.15, -0.1) is 0 Å². The molecule has 5 aromatic carbocycles. The average Bonchev–Trinajstić information content (AvgIpc) is 3.77. The summed E-state index contributed by atoms with van der Waals surface area (Å²) in [6.45, 7) is 14.4. The quantitative estimate of drug-likeness (QED) is 0.153. The topological polar surface area (TPSA) is 18.7 Å². The van der Waals surface area contributed by atoms with E-state index in [9.17, 15) is 0 Å². The standard InChI is InChI=1S/C42H33BN4S/c1-41(2,3)32-22-12-7-9-14-24(22)44-28-18-20-30-35-37(28)46(39(32)44)26-16-11-17-27-34(26)43(35)36-31(48-30)21-19-29-38(36)47(27)40-33(42(4,5)6)23-13-8-10-15-25(23)45(29)40/h7-21H,1-6H3. The van der Waals surface area contributed by atoms with Crippen LogP contribution in [0.25, 0.3) is 66.5 Å². The molecule has 0 aliphatic carbocycles. The molecule has 3 aliphatic heterocycles. The van der Waals surface area contributed by atoms with Crippen molar-refractivity contribution in [2.24, 2.45) is 0 Å². The Balaban J connectivity index is 1.36. The summed E-state index contributed by atoms with van der Waals surface area (Å²) in [4.78, 5) is 2.77. The molecule has 48 heavy (non-hydrogen) atoms. The van der Waals surface area contributed by atoms with E-state index in [0.29, 0.717) is 0 Å². The van der Waals surface area contributed by atoms with E-state index in [2.05, 4.69) is 150 Å². The summed E-state index contributed by atoms with van der Waals surface area (Å²) in [6, 6.07) is 34.7. The Morgan fingerprint density at radius 2 is 0.938 bits per heavy atom. The molecule has 0 amide bonds. The van der Waals surface area contributed by atoms with Crippen molar-refractivity contribution in [1.29, 1.82) is 0 Å². The fraction of sp³-hybridized carbons (Fsp3) is 0.190. The first-order chi connectivity index (χ1) is 23.1. The highest BCUT2D eigenvalue weighted by atomic mass is 32.2. The predicted molar refractivity (Wildman–Crippen MR) is 203 cm³/mol. The maximum Gasteiger partial charge on any atom is 0.255 e. The van der Waals surface area contributed by atoms with Gasteiger partial charge in [0.2, 0.25) is 0 Å². The van der Waals surface area contributed by atoms with Crippen molar-refractivity contribution in [2.45, 2.75) is 62.2 Å². The number of hydrogen-bond acceptors (Lipinski definition) is 1. The van der Waals surface area contributed by atoms with Gasteiger partial charge in [0.1, 0.15) is 11.3 Å². The van der Waals surface area contributed by atoms with Crippen LogP contribution in [0.2, 0.25) is 0 Å². The van der Waals surface area contributed by atoms with Crippen LogP contribution in [0, 0.1) is 0 Å². The molecule has 9 aromatic rings. The summed E-state index contributed by atoms with van der Waals surface area (Å²) >= 11 is 1.96. The van der Waals surface area contributed by atoms with Crippen LogP contribution in [0.1, 0.15) is 52.7 Å². The second kappa shape index (κ2) is 7.90. The minimum atomic E-state index is -0.0467. The highest BCUT2D eigenvalue weighted by molar-refractivity contribution is 8.00. The zero-order chi connectivity index (χ0) is 32.2. The first kappa shape index (κ1) is 26.2. The van der Waals surface area contributed by atoms with Crippen molar-refractivity contribution < 1.29 is 0 Å². The van der Waals surface area contributed by atoms with Gasteiger partial charge in [-0.25, -0.2) is 0 Å². The summed E-state index contributed by atoms with van der Waals surface area (Å²) < 4.78 is 10.4. The lowest BCUT2D eigenvalue weighted by Gasteiger charge is -2.37. The highest BCUT2D eigenvalue weighted by Gasteiger charge is 2.47. The van der Waals surface area contributed by atoms with Crippen LogP contribution in [0.3, 0.4) is 0 Å². The minimum absolute atomic E-state index is 0.0467. The molecule has 0 N–H and O–H groups in total. The van der Waals surface area contributed by atoms with E-state index in [0.717, 1.165) is 0 Å². The van der Waals surface area contributed by atoms with Crippen LogP contribution in [0.5, 0.6) is 0 Å². The molecular formula is C42H33BN4S. The Morgan fingerprint density at radius 3 is 1.40 bits per heavy atom. The summed E-state index contributed by atoms with van der Waals surface area (Å²) in [6.07, 6.45) is 0. The molecule has 0 fully saturated rings. The summed E-state index contributed by atoms with van der Waals surface area (Å²) in [5.41, 5.74) is 20.3. The average molecular weight is 637 g/mol. The van der Waals surface area contributed by atoms with E-state index < -0.39 is 0 Å². The van der Waals surface area contributed by atoms with E-state index in [4.69, 9.17) is 0 Å². The number of nitrogens with zero attached hydrogens (tertiary/aromatic N) is 4. The number of aromatic nitrogens is 4. The number of hydrogen-bond donors (Lipinski definition) is 0. The van der Waals surface area contributed by atoms with Crippen molar-refractivity contribution in [3.8, 4) is 11.4 Å². The lowest BCUT2D eigenvalue weighted by Crippen LogP contribution is -2.61. The third-order valence-corrected chi connectivity index (χ3v) is 12.6. The first-order valence-corrected chi connectivity index (χ1v) is 18.0. The summed E-state index contributed by atoms with van der Waals surface area (Å²) in [7, 11) is 0. The smallest absolute Gasteiger partial charge is 0.255 e.